The number of carbonyl (C=O) groups is 1. The van der Waals surface area contributed by atoms with Gasteiger partial charge in [-0.3, -0.25) is 0 Å². The van der Waals surface area contributed by atoms with Crippen LogP contribution in [-0.2, 0) is 56.9 Å². The van der Waals surface area contributed by atoms with E-state index in [-0.39, 0.29) is 6.61 Å². The molecule has 0 aliphatic rings. The van der Waals surface area contributed by atoms with E-state index in [1.807, 2.05) is 0 Å². The lowest BCUT2D eigenvalue weighted by Crippen LogP contribution is -2.15. The van der Waals surface area contributed by atoms with Gasteiger partial charge in [-0.2, -0.15) is 0 Å². The summed E-state index contributed by atoms with van der Waals surface area (Å²) in [5.74, 6) is -0.457. The molecule has 12 nitrogen and oxygen atoms in total. The Morgan fingerprint density at radius 2 is 0.632 bits per heavy atom. The molecule has 0 saturated heterocycles. The average Bonchev–Trinajstić information content (AvgIpc) is 2.93. The summed E-state index contributed by atoms with van der Waals surface area (Å²) in [5, 5.41) is 0.835. The van der Waals surface area contributed by atoms with Crippen LogP contribution in [0.15, 0.2) is 12.7 Å². The summed E-state index contributed by atoms with van der Waals surface area (Å²) in [6.07, 6.45) is 1.11. The second-order valence-electron chi connectivity index (χ2n) is 7.18. The zero-order chi connectivity index (χ0) is 27.6. The first kappa shape index (κ1) is 37.3. The van der Waals surface area contributed by atoms with Gasteiger partial charge in [-0.15, -0.1) is 0 Å². The van der Waals surface area contributed by atoms with Crippen LogP contribution in [0, 0.1) is 0 Å². The van der Waals surface area contributed by atoms with Crippen molar-refractivity contribution in [3.63, 3.8) is 0 Å². The van der Waals surface area contributed by atoms with Gasteiger partial charge in [0.2, 0.25) is 0 Å². The van der Waals surface area contributed by atoms with Crippen molar-refractivity contribution in [1.82, 2.24) is 0 Å². The standard InChI is InChI=1S/C25H47BrO12/c1-2-25(27)38-24-23-37-22-21-36-20-19-35-18-17-34-16-15-33-14-13-32-12-11-31-10-9-30-8-7-29-6-5-28-4-3-26/h2H,1,3-24H2. The SMILES string of the molecule is C=CC(=O)OCCOCCOCCOCCOCCOCCOCCOCCOCCOCCOCCBr. The fraction of sp³-hybridized carbons (Fsp3) is 0.880. The zero-order valence-corrected chi connectivity index (χ0v) is 24.2. The van der Waals surface area contributed by atoms with Gasteiger partial charge < -0.3 is 52.1 Å². The quantitative estimate of drug-likeness (QED) is 0.0456. The number of rotatable bonds is 33. The van der Waals surface area contributed by atoms with E-state index in [9.17, 15) is 4.79 Å². The maximum atomic E-state index is 10.8. The number of ether oxygens (including phenoxy) is 11. The maximum absolute atomic E-state index is 10.8. The minimum atomic E-state index is -0.457. The summed E-state index contributed by atoms with van der Waals surface area (Å²) in [7, 11) is 0. The summed E-state index contributed by atoms with van der Waals surface area (Å²) in [4.78, 5) is 10.8. The van der Waals surface area contributed by atoms with Gasteiger partial charge in [0.25, 0.3) is 0 Å². The average molecular weight is 620 g/mol. The molecule has 0 aromatic carbocycles. The van der Waals surface area contributed by atoms with E-state index in [1.54, 1.807) is 0 Å². The van der Waals surface area contributed by atoms with Crippen LogP contribution in [0.4, 0.5) is 0 Å². The molecule has 13 heteroatoms. The molecule has 0 saturated carbocycles. The highest BCUT2D eigenvalue weighted by molar-refractivity contribution is 9.09. The van der Waals surface area contributed by atoms with Crippen molar-refractivity contribution in [1.29, 1.82) is 0 Å². The van der Waals surface area contributed by atoms with Crippen molar-refractivity contribution in [3.8, 4) is 0 Å². The maximum Gasteiger partial charge on any atom is 0.330 e. The van der Waals surface area contributed by atoms with Crippen molar-refractivity contribution < 1.29 is 56.9 Å². The molecule has 0 aliphatic carbocycles. The highest BCUT2D eigenvalue weighted by Crippen LogP contribution is 1.87. The Morgan fingerprint density at radius 3 is 0.842 bits per heavy atom. The van der Waals surface area contributed by atoms with Crippen LogP contribution in [0.25, 0.3) is 0 Å². The summed E-state index contributed by atoms with van der Waals surface area (Å²) in [6, 6.07) is 0. The van der Waals surface area contributed by atoms with E-state index in [0.717, 1.165) is 11.4 Å². The lowest BCUT2D eigenvalue weighted by molar-refractivity contribution is -0.139. The molecule has 0 heterocycles. The van der Waals surface area contributed by atoms with Crippen molar-refractivity contribution in [3.05, 3.63) is 12.7 Å². The Bertz CT molecular complexity index is 487. The first-order valence-electron chi connectivity index (χ1n) is 12.9. The number of alkyl halides is 1. The molecular weight excluding hydrogens is 572 g/mol. The smallest absolute Gasteiger partial charge is 0.330 e. The number of hydrogen-bond donors (Lipinski definition) is 0. The van der Waals surface area contributed by atoms with Crippen LogP contribution in [-0.4, -0.2) is 150 Å². The summed E-state index contributed by atoms with van der Waals surface area (Å²) in [6.45, 7) is 13.7. The minimum Gasteiger partial charge on any atom is -0.460 e. The van der Waals surface area contributed by atoms with Crippen LogP contribution in [0.5, 0.6) is 0 Å². The van der Waals surface area contributed by atoms with Crippen LogP contribution in [0.1, 0.15) is 0 Å². The Kier molecular flexibility index (Phi) is 33.7. The van der Waals surface area contributed by atoms with Gasteiger partial charge in [0.05, 0.1) is 132 Å². The predicted octanol–water partition coefficient (Wildman–Crippen LogP) is 1.28. The zero-order valence-electron chi connectivity index (χ0n) is 22.6. The second-order valence-corrected chi connectivity index (χ2v) is 7.98. The lowest BCUT2D eigenvalue weighted by Gasteiger charge is -2.09. The molecule has 0 amide bonds. The Labute approximate surface area is 235 Å². The Balaban J connectivity index is 3.04. The van der Waals surface area contributed by atoms with E-state index < -0.39 is 5.97 Å². The Morgan fingerprint density at radius 1 is 0.421 bits per heavy atom. The third kappa shape index (κ3) is 33.3. The highest BCUT2D eigenvalue weighted by Gasteiger charge is 1.97. The van der Waals surface area contributed by atoms with Gasteiger partial charge in [0, 0.05) is 11.4 Å². The lowest BCUT2D eigenvalue weighted by atomic mass is 10.6. The third-order valence-electron chi connectivity index (χ3n) is 4.21. The first-order valence-corrected chi connectivity index (χ1v) is 14.1. The molecule has 0 aliphatic heterocycles. The van der Waals surface area contributed by atoms with Crippen LogP contribution in [0.2, 0.25) is 0 Å². The van der Waals surface area contributed by atoms with Crippen molar-refractivity contribution in [2.45, 2.75) is 0 Å². The van der Waals surface area contributed by atoms with Gasteiger partial charge in [-0.1, -0.05) is 22.5 Å². The molecule has 0 unspecified atom stereocenters. The van der Waals surface area contributed by atoms with E-state index in [1.165, 1.54) is 0 Å². The predicted molar refractivity (Wildman–Crippen MR) is 143 cm³/mol. The van der Waals surface area contributed by atoms with Crippen molar-refractivity contribution in [2.24, 2.45) is 0 Å². The molecule has 0 aromatic rings. The fourth-order valence-electron chi connectivity index (χ4n) is 2.40. The molecule has 0 fully saturated rings. The second kappa shape index (κ2) is 34.3. The molecule has 0 N–H and O–H groups in total. The number of halogens is 1. The molecule has 0 spiro atoms. The van der Waals surface area contributed by atoms with Gasteiger partial charge in [-0.25, -0.2) is 4.79 Å². The molecule has 38 heavy (non-hydrogen) atoms. The number of hydrogen-bond acceptors (Lipinski definition) is 12. The minimum absolute atomic E-state index is 0.201. The van der Waals surface area contributed by atoms with Gasteiger partial charge in [0.1, 0.15) is 6.61 Å². The van der Waals surface area contributed by atoms with Gasteiger partial charge >= 0.3 is 5.97 Å². The fourth-order valence-corrected chi connectivity index (χ4v) is 2.62. The molecule has 226 valence electrons. The first-order chi connectivity index (χ1) is 18.8. The number of carbonyl (C=O) groups excluding carboxylic acids is 1. The summed E-state index contributed by atoms with van der Waals surface area (Å²) < 4.78 is 58.6. The Hall–Kier alpha value is -0.710. The van der Waals surface area contributed by atoms with Crippen molar-refractivity contribution >= 4 is 21.9 Å². The van der Waals surface area contributed by atoms with Gasteiger partial charge in [-0.05, 0) is 0 Å². The van der Waals surface area contributed by atoms with Crippen molar-refractivity contribution in [2.75, 3.05) is 144 Å². The molecule has 0 atom stereocenters. The molecular formula is C25H47BrO12. The van der Waals surface area contributed by atoms with E-state index in [2.05, 4.69) is 22.5 Å². The third-order valence-corrected chi connectivity index (χ3v) is 4.53. The monoisotopic (exact) mass is 618 g/mol. The largest absolute Gasteiger partial charge is 0.460 e. The molecule has 0 aromatic heterocycles. The topological polar surface area (TPSA) is 119 Å². The summed E-state index contributed by atoms with van der Waals surface area (Å²) in [5.41, 5.74) is 0. The van der Waals surface area contributed by atoms with E-state index in [4.69, 9.17) is 52.1 Å². The van der Waals surface area contributed by atoms with Gasteiger partial charge in [0.15, 0.2) is 0 Å². The highest BCUT2D eigenvalue weighted by atomic mass is 79.9. The molecule has 0 radical (unpaired) electrons. The van der Waals surface area contributed by atoms with Crippen LogP contribution in [0.3, 0.4) is 0 Å². The molecule has 0 bridgehead atoms. The van der Waals surface area contributed by atoms with Crippen LogP contribution >= 0.6 is 15.9 Å². The van der Waals surface area contributed by atoms with Crippen LogP contribution < -0.4 is 0 Å². The summed E-state index contributed by atoms with van der Waals surface area (Å²) >= 11 is 3.29. The van der Waals surface area contributed by atoms with E-state index in [0.29, 0.717) is 132 Å². The normalized spacial score (nSPS) is 11.2. The molecule has 0 rings (SSSR count). The number of esters is 1. The van der Waals surface area contributed by atoms with E-state index >= 15 is 0 Å².